The fourth-order valence-electron chi connectivity index (χ4n) is 1.17. The normalized spacial score (nSPS) is 30.6. The molecule has 0 saturated carbocycles. The van der Waals surface area contributed by atoms with Gasteiger partial charge in [0.25, 0.3) is 0 Å². The van der Waals surface area contributed by atoms with Crippen LogP contribution in [0.1, 0.15) is 13.3 Å². The van der Waals surface area contributed by atoms with Crippen molar-refractivity contribution >= 4 is 5.97 Å². The van der Waals surface area contributed by atoms with Gasteiger partial charge in [-0.25, -0.2) is 4.79 Å². The van der Waals surface area contributed by atoms with Gasteiger partial charge in [0, 0.05) is 13.0 Å². The summed E-state index contributed by atoms with van der Waals surface area (Å²) in [7, 11) is 0. The summed E-state index contributed by atoms with van der Waals surface area (Å²) in [6.45, 7) is 2.85. The maximum atomic E-state index is 10.7. The van der Waals surface area contributed by atoms with Crippen LogP contribution in [-0.2, 0) is 14.3 Å². The first-order valence-electron chi connectivity index (χ1n) is 3.66. The van der Waals surface area contributed by atoms with Gasteiger partial charge in [-0.15, -0.1) is 0 Å². The Hall–Kier alpha value is -0.610. The van der Waals surface area contributed by atoms with Crippen molar-refractivity contribution in [1.82, 2.24) is 0 Å². The van der Waals surface area contributed by atoms with E-state index in [0.29, 0.717) is 19.6 Å². The summed E-state index contributed by atoms with van der Waals surface area (Å²) in [5, 5.41) is 8.79. The standard InChI is InChI=1S/C7H12O4/c1-2-11-7(6(8)9)3-4-10-5-7/h2-5H2,1H3,(H,8,9)/t7-/m0/s1. The van der Waals surface area contributed by atoms with Crippen LogP contribution < -0.4 is 0 Å². The molecule has 0 spiro atoms. The van der Waals surface area contributed by atoms with Gasteiger partial charge in [-0.1, -0.05) is 0 Å². The molecule has 1 heterocycles. The maximum Gasteiger partial charge on any atom is 0.338 e. The number of ether oxygens (including phenoxy) is 2. The molecule has 1 saturated heterocycles. The van der Waals surface area contributed by atoms with Crippen molar-refractivity contribution in [2.45, 2.75) is 18.9 Å². The van der Waals surface area contributed by atoms with E-state index in [-0.39, 0.29) is 6.61 Å². The zero-order valence-electron chi connectivity index (χ0n) is 6.50. The summed E-state index contributed by atoms with van der Waals surface area (Å²) in [5.41, 5.74) is -1.06. The van der Waals surface area contributed by atoms with Crippen LogP contribution in [0.3, 0.4) is 0 Å². The number of aliphatic carboxylic acids is 1. The zero-order valence-corrected chi connectivity index (χ0v) is 6.50. The second kappa shape index (κ2) is 3.19. The first-order valence-corrected chi connectivity index (χ1v) is 3.66. The van der Waals surface area contributed by atoms with Crippen molar-refractivity contribution in [3.63, 3.8) is 0 Å². The van der Waals surface area contributed by atoms with Crippen molar-refractivity contribution in [2.75, 3.05) is 19.8 Å². The molecule has 0 amide bonds. The van der Waals surface area contributed by atoms with Crippen molar-refractivity contribution in [1.29, 1.82) is 0 Å². The van der Waals surface area contributed by atoms with E-state index in [1.807, 2.05) is 0 Å². The number of carboxylic acid groups (broad SMARTS) is 1. The average Bonchev–Trinajstić information content (AvgIpc) is 2.38. The molecule has 1 fully saturated rings. The van der Waals surface area contributed by atoms with E-state index < -0.39 is 11.6 Å². The van der Waals surface area contributed by atoms with Gasteiger partial charge in [0.15, 0.2) is 5.60 Å². The van der Waals surface area contributed by atoms with Crippen LogP contribution in [0.25, 0.3) is 0 Å². The monoisotopic (exact) mass is 160 g/mol. The predicted molar refractivity (Wildman–Crippen MR) is 37.4 cm³/mol. The van der Waals surface area contributed by atoms with Gasteiger partial charge in [0.05, 0.1) is 13.2 Å². The number of rotatable bonds is 3. The van der Waals surface area contributed by atoms with Gasteiger partial charge in [0.2, 0.25) is 0 Å². The third-order valence-corrected chi connectivity index (χ3v) is 1.80. The lowest BCUT2D eigenvalue weighted by atomic mass is 10.0. The second-order valence-electron chi connectivity index (χ2n) is 2.54. The fourth-order valence-corrected chi connectivity index (χ4v) is 1.17. The smallest absolute Gasteiger partial charge is 0.338 e. The first-order chi connectivity index (χ1) is 5.21. The average molecular weight is 160 g/mol. The highest BCUT2D eigenvalue weighted by Gasteiger charge is 2.43. The van der Waals surface area contributed by atoms with E-state index >= 15 is 0 Å². The van der Waals surface area contributed by atoms with Gasteiger partial charge in [-0.2, -0.15) is 0 Å². The molecule has 64 valence electrons. The van der Waals surface area contributed by atoms with Crippen LogP contribution >= 0.6 is 0 Å². The van der Waals surface area contributed by atoms with E-state index in [9.17, 15) is 4.79 Å². The van der Waals surface area contributed by atoms with Gasteiger partial charge >= 0.3 is 5.97 Å². The third kappa shape index (κ3) is 1.52. The maximum absolute atomic E-state index is 10.7. The Kier molecular flexibility index (Phi) is 2.46. The van der Waals surface area contributed by atoms with E-state index in [1.54, 1.807) is 6.92 Å². The van der Waals surface area contributed by atoms with E-state index in [2.05, 4.69) is 0 Å². The third-order valence-electron chi connectivity index (χ3n) is 1.80. The van der Waals surface area contributed by atoms with Crippen LogP contribution in [-0.4, -0.2) is 36.5 Å². The van der Waals surface area contributed by atoms with Crippen LogP contribution in [0.15, 0.2) is 0 Å². The molecule has 0 radical (unpaired) electrons. The molecule has 0 unspecified atom stereocenters. The summed E-state index contributed by atoms with van der Waals surface area (Å²) >= 11 is 0. The van der Waals surface area contributed by atoms with Crippen molar-refractivity contribution in [3.05, 3.63) is 0 Å². The molecule has 1 N–H and O–H groups in total. The molecule has 0 aromatic carbocycles. The largest absolute Gasteiger partial charge is 0.479 e. The molecule has 4 nitrogen and oxygen atoms in total. The predicted octanol–water partition coefficient (Wildman–Crippen LogP) is 0.267. The van der Waals surface area contributed by atoms with E-state index in [0.717, 1.165) is 0 Å². The van der Waals surface area contributed by atoms with Crippen LogP contribution in [0.2, 0.25) is 0 Å². The highest BCUT2D eigenvalue weighted by atomic mass is 16.6. The van der Waals surface area contributed by atoms with Gasteiger partial charge in [-0.3, -0.25) is 0 Å². The molecule has 0 aromatic rings. The second-order valence-corrected chi connectivity index (χ2v) is 2.54. The minimum atomic E-state index is -1.06. The Labute approximate surface area is 65.1 Å². The minimum Gasteiger partial charge on any atom is -0.479 e. The van der Waals surface area contributed by atoms with Crippen molar-refractivity contribution in [3.8, 4) is 0 Å². The topological polar surface area (TPSA) is 55.8 Å². The molecule has 1 aliphatic heterocycles. The van der Waals surface area contributed by atoms with Gasteiger partial charge in [0.1, 0.15) is 0 Å². The fraction of sp³-hybridized carbons (Fsp3) is 0.857. The lowest BCUT2D eigenvalue weighted by Crippen LogP contribution is -2.42. The molecular formula is C7H12O4. The summed E-state index contributed by atoms with van der Waals surface area (Å²) in [5.74, 6) is -0.920. The number of carboxylic acids is 1. The molecule has 1 aliphatic rings. The van der Waals surface area contributed by atoms with Crippen LogP contribution in [0.4, 0.5) is 0 Å². The molecular weight excluding hydrogens is 148 g/mol. The summed E-state index contributed by atoms with van der Waals surface area (Å²) in [6.07, 6.45) is 0.455. The number of carbonyl (C=O) groups is 1. The molecule has 0 aliphatic carbocycles. The Morgan fingerprint density at radius 2 is 2.55 bits per heavy atom. The minimum absolute atomic E-state index is 0.177. The lowest BCUT2D eigenvalue weighted by Gasteiger charge is -2.21. The zero-order chi connectivity index (χ0) is 8.32. The van der Waals surface area contributed by atoms with Gasteiger partial charge < -0.3 is 14.6 Å². The highest BCUT2D eigenvalue weighted by Crippen LogP contribution is 2.23. The van der Waals surface area contributed by atoms with E-state index in [4.69, 9.17) is 14.6 Å². The lowest BCUT2D eigenvalue weighted by molar-refractivity contribution is -0.165. The number of hydrogen-bond donors (Lipinski definition) is 1. The Balaban J connectivity index is 2.62. The first kappa shape index (κ1) is 8.49. The molecule has 1 atom stereocenters. The Bertz CT molecular complexity index is 149. The van der Waals surface area contributed by atoms with Crippen LogP contribution in [0, 0.1) is 0 Å². The summed E-state index contributed by atoms with van der Waals surface area (Å²) in [6, 6.07) is 0. The number of hydrogen-bond acceptors (Lipinski definition) is 3. The Morgan fingerprint density at radius 3 is 2.91 bits per heavy atom. The highest BCUT2D eigenvalue weighted by molar-refractivity contribution is 5.78. The molecule has 0 aromatic heterocycles. The van der Waals surface area contributed by atoms with E-state index in [1.165, 1.54) is 0 Å². The van der Waals surface area contributed by atoms with Gasteiger partial charge in [-0.05, 0) is 6.92 Å². The molecule has 1 rings (SSSR count). The molecule has 4 heteroatoms. The summed E-state index contributed by atoms with van der Waals surface area (Å²) < 4.78 is 10.1. The quantitative estimate of drug-likeness (QED) is 0.643. The SMILES string of the molecule is CCO[C@@]1(C(=O)O)CCOC1. The molecule has 0 bridgehead atoms. The van der Waals surface area contributed by atoms with Crippen molar-refractivity contribution in [2.24, 2.45) is 0 Å². The summed E-state index contributed by atoms with van der Waals surface area (Å²) in [4.78, 5) is 10.7. The Morgan fingerprint density at radius 1 is 1.82 bits per heavy atom. The van der Waals surface area contributed by atoms with Crippen molar-refractivity contribution < 1.29 is 19.4 Å². The van der Waals surface area contributed by atoms with Crippen LogP contribution in [0.5, 0.6) is 0 Å². The molecule has 11 heavy (non-hydrogen) atoms.